The Bertz CT molecular complexity index is 643. The minimum absolute atomic E-state index is 0.0401. The van der Waals surface area contributed by atoms with Crippen molar-refractivity contribution in [2.45, 2.75) is 0 Å². The van der Waals surface area contributed by atoms with Crippen LogP contribution in [0.2, 0.25) is 5.02 Å². The number of hydrogen-bond acceptors (Lipinski definition) is 3. The number of nitrogens with two attached hydrogens (primary N) is 1. The molecule has 0 aliphatic carbocycles. The lowest BCUT2D eigenvalue weighted by Crippen LogP contribution is -2.05. The van der Waals surface area contributed by atoms with Crippen LogP contribution in [0.1, 0.15) is 15.9 Å². The van der Waals surface area contributed by atoms with Crippen molar-refractivity contribution in [2.24, 2.45) is 0 Å². The molecule has 0 saturated carbocycles. The fourth-order valence-electron chi connectivity index (χ4n) is 1.63. The predicted molar refractivity (Wildman–Crippen MR) is 72.2 cm³/mol. The van der Waals surface area contributed by atoms with Crippen LogP contribution in [0, 0.1) is 5.82 Å². The monoisotopic (exact) mass is 279 g/mol. The molecular formula is C14H11ClFNO2. The molecule has 0 radical (unpaired) electrons. The molecule has 2 aromatic carbocycles. The van der Waals surface area contributed by atoms with Crippen molar-refractivity contribution in [3.8, 4) is 5.75 Å². The Morgan fingerprint density at radius 2 is 2.00 bits per heavy atom. The highest BCUT2D eigenvalue weighted by molar-refractivity contribution is 6.33. The summed E-state index contributed by atoms with van der Waals surface area (Å²) in [7, 11) is 1.43. The number of nitrogen functional groups attached to an aromatic ring is 1. The van der Waals surface area contributed by atoms with Crippen molar-refractivity contribution in [3.63, 3.8) is 0 Å². The SMILES string of the molecule is COc1ccc(C(=O)c2ccc(N)c(Cl)c2)c(F)c1. The van der Waals surface area contributed by atoms with Gasteiger partial charge in [-0.1, -0.05) is 11.6 Å². The summed E-state index contributed by atoms with van der Waals surface area (Å²) in [4.78, 5) is 12.2. The summed E-state index contributed by atoms with van der Waals surface area (Å²) in [5.41, 5.74) is 6.17. The maximum Gasteiger partial charge on any atom is 0.196 e. The molecule has 0 aromatic heterocycles. The Morgan fingerprint density at radius 1 is 1.26 bits per heavy atom. The van der Waals surface area contributed by atoms with Gasteiger partial charge in [-0.15, -0.1) is 0 Å². The van der Waals surface area contributed by atoms with Gasteiger partial charge in [0, 0.05) is 11.6 Å². The second kappa shape index (κ2) is 5.28. The molecule has 2 N–H and O–H groups in total. The quantitative estimate of drug-likeness (QED) is 0.693. The molecule has 0 aliphatic rings. The fourth-order valence-corrected chi connectivity index (χ4v) is 1.81. The lowest BCUT2D eigenvalue weighted by atomic mass is 10.0. The number of ether oxygens (including phenoxy) is 1. The third-order valence-corrected chi connectivity index (χ3v) is 3.01. The number of anilines is 1. The highest BCUT2D eigenvalue weighted by Gasteiger charge is 2.15. The highest BCUT2D eigenvalue weighted by Crippen LogP contribution is 2.23. The van der Waals surface area contributed by atoms with Crippen LogP contribution >= 0.6 is 11.6 Å². The summed E-state index contributed by atoms with van der Waals surface area (Å²) in [5, 5.41) is 0.264. The minimum Gasteiger partial charge on any atom is -0.497 e. The number of benzene rings is 2. The minimum atomic E-state index is -0.641. The molecule has 0 unspecified atom stereocenters. The van der Waals surface area contributed by atoms with Crippen LogP contribution in [0.3, 0.4) is 0 Å². The van der Waals surface area contributed by atoms with E-state index in [1.807, 2.05) is 0 Å². The first kappa shape index (κ1) is 13.4. The smallest absolute Gasteiger partial charge is 0.196 e. The van der Waals surface area contributed by atoms with E-state index in [4.69, 9.17) is 22.1 Å². The lowest BCUT2D eigenvalue weighted by molar-refractivity contribution is 0.103. The normalized spacial score (nSPS) is 10.3. The van der Waals surface area contributed by atoms with E-state index in [1.54, 1.807) is 0 Å². The Labute approximate surface area is 114 Å². The molecular weight excluding hydrogens is 269 g/mol. The van der Waals surface area contributed by atoms with Gasteiger partial charge in [-0.25, -0.2) is 4.39 Å². The molecule has 0 bridgehead atoms. The van der Waals surface area contributed by atoms with E-state index in [-0.39, 0.29) is 16.1 Å². The van der Waals surface area contributed by atoms with Crippen LogP contribution in [0.25, 0.3) is 0 Å². The second-order valence-corrected chi connectivity index (χ2v) is 4.32. The van der Waals surface area contributed by atoms with Crippen molar-refractivity contribution in [3.05, 3.63) is 58.4 Å². The Balaban J connectivity index is 2.41. The van der Waals surface area contributed by atoms with Crippen molar-refractivity contribution < 1.29 is 13.9 Å². The van der Waals surface area contributed by atoms with E-state index in [1.165, 1.54) is 37.4 Å². The van der Waals surface area contributed by atoms with E-state index >= 15 is 0 Å². The summed E-state index contributed by atoms with van der Waals surface area (Å²) in [6.07, 6.45) is 0. The Morgan fingerprint density at radius 3 is 2.58 bits per heavy atom. The number of carbonyl (C=O) groups is 1. The number of methoxy groups -OCH3 is 1. The van der Waals surface area contributed by atoms with Crippen LogP contribution in [-0.2, 0) is 0 Å². The number of halogens is 2. The number of ketones is 1. The van der Waals surface area contributed by atoms with Crippen molar-refractivity contribution >= 4 is 23.1 Å². The van der Waals surface area contributed by atoms with Gasteiger partial charge in [-0.05, 0) is 30.3 Å². The molecule has 0 aliphatic heterocycles. The van der Waals surface area contributed by atoms with E-state index in [2.05, 4.69) is 0 Å². The van der Waals surface area contributed by atoms with Crippen LogP contribution in [0.5, 0.6) is 5.75 Å². The van der Waals surface area contributed by atoms with E-state index < -0.39 is 11.6 Å². The van der Waals surface area contributed by atoms with Crippen LogP contribution in [0.15, 0.2) is 36.4 Å². The van der Waals surface area contributed by atoms with Gasteiger partial charge in [-0.3, -0.25) is 4.79 Å². The average molecular weight is 280 g/mol. The summed E-state index contributed by atoms with van der Waals surface area (Å²) >= 11 is 5.84. The van der Waals surface area contributed by atoms with E-state index in [0.717, 1.165) is 6.07 Å². The number of hydrogen-bond donors (Lipinski definition) is 1. The molecule has 0 spiro atoms. The molecule has 0 fully saturated rings. The Kier molecular flexibility index (Phi) is 3.71. The predicted octanol–water partition coefficient (Wildman–Crippen LogP) is 3.30. The maximum absolute atomic E-state index is 13.8. The zero-order valence-corrected chi connectivity index (χ0v) is 10.9. The first-order valence-corrected chi connectivity index (χ1v) is 5.84. The average Bonchev–Trinajstić information content (AvgIpc) is 2.41. The zero-order valence-electron chi connectivity index (χ0n) is 10.1. The summed E-state index contributed by atoms with van der Waals surface area (Å²) in [5.74, 6) is -0.747. The molecule has 19 heavy (non-hydrogen) atoms. The molecule has 0 saturated heterocycles. The van der Waals surface area contributed by atoms with Gasteiger partial charge < -0.3 is 10.5 Å². The molecule has 98 valence electrons. The van der Waals surface area contributed by atoms with Crippen molar-refractivity contribution in [1.29, 1.82) is 0 Å². The van der Waals surface area contributed by atoms with Gasteiger partial charge >= 0.3 is 0 Å². The fraction of sp³-hybridized carbons (Fsp3) is 0.0714. The summed E-state index contributed by atoms with van der Waals surface area (Å²) < 4.78 is 18.7. The van der Waals surface area contributed by atoms with Crippen LogP contribution in [0.4, 0.5) is 10.1 Å². The number of rotatable bonds is 3. The number of carbonyl (C=O) groups excluding carboxylic acids is 1. The largest absolute Gasteiger partial charge is 0.497 e. The van der Waals surface area contributed by atoms with Gasteiger partial charge in [0.1, 0.15) is 11.6 Å². The molecule has 2 rings (SSSR count). The van der Waals surface area contributed by atoms with Crippen molar-refractivity contribution in [1.82, 2.24) is 0 Å². The van der Waals surface area contributed by atoms with Gasteiger partial charge in [0.25, 0.3) is 0 Å². The van der Waals surface area contributed by atoms with E-state index in [0.29, 0.717) is 11.4 Å². The molecule has 0 atom stereocenters. The van der Waals surface area contributed by atoms with Gasteiger partial charge in [0.15, 0.2) is 5.78 Å². The summed E-state index contributed by atoms with van der Waals surface area (Å²) in [6, 6.07) is 8.50. The molecule has 5 heteroatoms. The van der Waals surface area contributed by atoms with Crippen LogP contribution < -0.4 is 10.5 Å². The van der Waals surface area contributed by atoms with Gasteiger partial charge in [0.05, 0.1) is 23.4 Å². The highest BCUT2D eigenvalue weighted by atomic mass is 35.5. The maximum atomic E-state index is 13.8. The molecule has 3 nitrogen and oxygen atoms in total. The third kappa shape index (κ3) is 2.69. The first-order chi connectivity index (χ1) is 9.02. The topological polar surface area (TPSA) is 52.3 Å². The zero-order chi connectivity index (χ0) is 14.0. The van der Waals surface area contributed by atoms with Gasteiger partial charge in [0.2, 0.25) is 0 Å². The van der Waals surface area contributed by atoms with Gasteiger partial charge in [-0.2, -0.15) is 0 Å². The molecule has 0 amide bonds. The van der Waals surface area contributed by atoms with E-state index in [9.17, 15) is 9.18 Å². The Hall–Kier alpha value is -2.07. The summed E-state index contributed by atoms with van der Waals surface area (Å²) in [6.45, 7) is 0. The lowest BCUT2D eigenvalue weighted by Gasteiger charge is -2.06. The second-order valence-electron chi connectivity index (χ2n) is 3.91. The van der Waals surface area contributed by atoms with Crippen molar-refractivity contribution in [2.75, 3.05) is 12.8 Å². The third-order valence-electron chi connectivity index (χ3n) is 2.68. The first-order valence-electron chi connectivity index (χ1n) is 5.46. The molecule has 0 heterocycles. The standard InChI is InChI=1S/C14H11ClFNO2/c1-19-9-3-4-10(12(16)7-9)14(18)8-2-5-13(17)11(15)6-8/h2-7H,17H2,1H3. The molecule has 2 aromatic rings. The van der Waals surface area contributed by atoms with Crippen LogP contribution in [-0.4, -0.2) is 12.9 Å².